The Morgan fingerprint density at radius 3 is 2.38 bits per heavy atom. The van der Waals surface area contributed by atoms with Crippen LogP contribution in [0.4, 0.5) is 11.4 Å². The molecule has 0 heterocycles. The van der Waals surface area contributed by atoms with Crippen molar-refractivity contribution in [3.8, 4) is 11.5 Å². The lowest BCUT2D eigenvalue weighted by Gasteiger charge is -2.10. The maximum atomic E-state index is 12.0. The van der Waals surface area contributed by atoms with Crippen LogP contribution in [0.1, 0.15) is 5.56 Å². The van der Waals surface area contributed by atoms with Crippen molar-refractivity contribution >= 4 is 28.9 Å². The Morgan fingerprint density at radius 2 is 1.72 bits per heavy atom. The lowest BCUT2D eigenvalue weighted by Crippen LogP contribution is -2.20. The van der Waals surface area contributed by atoms with Crippen molar-refractivity contribution in [3.05, 3.63) is 93.5 Å². The zero-order valence-corrected chi connectivity index (χ0v) is 16.0. The molecule has 0 bridgehead atoms. The Bertz CT molecular complexity index is 994. The standard InChI is InChI=1S/C21H17ClN2O5/c22-19-12-17(24(26)27)8-11-20(19)29-14-21(25)23-16-6-9-18(10-7-16)28-13-15-4-2-1-3-5-15/h1-12H,13-14H2,(H,23,25). The number of ether oxygens (including phenoxy) is 2. The van der Waals surface area contributed by atoms with Crippen LogP contribution in [0.5, 0.6) is 11.5 Å². The van der Waals surface area contributed by atoms with Gasteiger partial charge in [0.05, 0.1) is 9.95 Å². The molecule has 3 aromatic rings. The molecular weight excluding hydrogens is 396 g/mol. The van der Waals surface area contributed by atoms with Gasteiger partial charge >= 0.3 is 0 Å². The predicted molar refractivity (Wildman–Crippen MR) is 109 cm³/mol. The summed E-state index contributed by atoms with van der Waals surface area (Å²) in [6, 6.07) is 20.5. The maximum absolute atomic E-state index is 12.0. The largest absolute Gasteiger partial charge is 0.489 e. The minimum Gasteiger partial charge on any atom is -0.489 e. The van der Waals surface area contributed by atoms with Gasteiger partial charge in [0, 0.05) is 17.8 Å². The number of anilines is 1. The van der Waals surface area contributed by atoms with Crippen LogP contribution in [0.25, 0.3) is 0 Å². The van der Waals surface area contributed by atoms with Crippen molar-refractivity contribution < 1.29 is 19.2 Å². The van der Waals surface area contributed by atoms with E-state index < -0.39 is 10.8 Å². The summed E-state index contributed by atoms with van der Waals surface area (Å²) in [5.74, 6) is 0.482. The van der Waals surface area contributed by atoms with Gasteiger partial charge in [-0.15, -0.1) is 0 Å². The number of nitrogens with zero attached hydrogens (tertiary/aromatic N) is 1. The number of nitro benzene ring substituents is 1. The maximum Gasteiger partial charge on any atom is 0.271 e. The van der Waals surface area contributed by atoms with Gasteiger partial charge in [-0.2, -0.15) is 0 Å². The molecule has 0 aliphatic rings. The third-order valence-corrected chi connectivity index (χ3v) is 4.17. The van der Waals surface area contributed by atoms with Gasteiger partial charge < -0.3 is 14.8 Å². The summed E-state index contributed by atoms with van der Waals surface area (Å²) in [5.41, 5.74) is 1.49. The molecule has 0 saturated heterocycles. The number of amides is 1. The van der Waals surface area contributed by atoms with Crippen molar-refractivity contribution in [3.63, 3.8) is 0 Å². The molecule has 0 aromatic heterocycles. The van der Waals surface area contributed by atoms with E-state index >= 15 is 0 Å². The molecule has 0 aliphatic heterocycles. The van der Waals surface area contributed by atoms with E-state index in [0.717, 1.165) is 5.56 Å². The number of nitro groups is 1. The fourth-order valence-electron chi connectivity index (χ4n) is 2.44. The first-order chi connectivity index (χ1) is 14.0. The average Bonchev–Trinajstić information content (AvgIpc) is 2.73. The van der Waals surface area contributed by atoms with Crippen LogP contribution in [0.15, 0.2) is 72.8 Å². The van der Waals surface area contributed by atoms with Crippen LogP contribution in [0, 0.1) is 10.1 Å². The molecule has 3 rings (SSSR count). The molecule has 1 N–H and O–H groups in total. The first-order valence-corrected chi connectivity index (χ1v) is 9.02. The molecule has 3 aromatic carbocycles. The number of hydrogen-bond acceptors (Lipinski definition) is 5. The van der Waals surface area contributed by atoms with Crippen LogP contribution in [0.3, 0.4) is 0 Å². The lowest BCUT2D eigenvalue weighted by atomic mass is 10.2. The monoisotopic (exact) mass is 412 g/mol. The molecule has 0 fully saturated rings. The van der Waals surface area contributed by atoms with Crippen LogP contribution in [0.2, 0.25) is 5.02 Å². The van der Waals surface area contributed by atoms with Gasteiger partial charge in [0.2, 0.25) is 0 Å². The van der Waals surface area contributed by atoms with Gasteiger partial charge in [0.15, 0.2) is 6.61 Å². The highest BCUT2D eigenvalue weighted by Crippen LogP contribution is 2.28. The topological polar surface area (TPSA) is 90.7 Å². The number of carbonyl (C=O) groups is 1. The van der Waals surface area contributed by atoms with Crippen molar-refractivity contribution in [2.45, 2.75) is 6.61 Å². The Kier molecular flexibility index (Phi) is 6.65. The van der Waals surface area contributed by atoms with E-state index in [4.69, 9.17) is 21.1 Å². The summed E-state index contributed by atoms with van der Waals surface area (Å²) in [6.45, 7) is 0.167. The number of carbonyl (C=O) groups excluding carboxylic acids is 1. The van der Waals surface area contributed by atoms with Gasteiger partial charge in [0.25, 0.3) is 11.6 Å². The molecule has 148 valence electrons. The summed E-state index contributed by atoms with van der Waals surface area (Å²) in [4.78, 5) is 22.2. The van der Waals surface area contributed by atoms with Crippen LogP contribution < -0.4 is 14.8 Å². The third-order valence-electron chi connectivity index (χ3n) is 3.87. The summed E-state index contributed by atoms with van der Waals surface area (Å²) < 4.78 is 11.0. The minimum atomic E-state index is -0.560. The smallest absolute Gasteiger partial charge is 0.271 e. The van der Waals surface area contributed by atoms with Crippen molar-refractivity contribution in [1.29, 1.82) is 0 Å². The molecule has 0 aliphatic carbocycles. The highest BCUT2D eigenvalue weighted by Gasteiger charge is 2.12. The summed E-state index contributed by atoms with van der Waals surface area (Å²) in [7, 11) is 0. The average molecular weight is 413 g/mol. The molecule has 8 heteroatoms. The molecule has 1 amide bonds. The number of halogens is 1. The van der Waals surface area contributed by atoms with Gasteiger partial charge in [0.1, 0.15) is 18.1 Å². The quantitative estimate of drug-likeness (QED) is 0.422. The Balaban J connectivity index is 1.48. The number of hydrogen-bond donors (Lipinski definition) is 1. The molecule has 0 unspecified atom stereocenters. The molecule has 0 saturated carbocycles. The fourth-order valence-corrected chi connectivity index (χ4v) is 2.67. The summed E-state index contributed by atoms with van der Waals surface area (Å²) >= 11 is 5.93. The molecule has 0 radical (unpaired) electrons. The van der Waals surface area contributed by atoms with Crippen molar-refractivity contribution in [1.82, 2.24) is 0 Å². The number of benzene rings is 3. The first-order valence-electron chi connectivity index (χ1n) is 8.64. The number of rotatable bonds is 8. The fraction of sp³-hybridized carbons (Fsp3) is 0.0952. The zero-order valence-electron chi connectivity index (χ0n) is 15.2. The van der Waals surface area contributed by atoms with Crippen LogP contribution in [-0.2, 0) is 11.4 Å². The van der Waals surface area contributed by atoms with Crippen molar-refractivity contribution in [2.75, 3.05) is 11.9 Å². The van der Waals surface area contributed by atoms with E-state index in [1.165, 1.54) is 18.2 Å². The normalized spacial score (nSPS) is 10.2. The van der Waals surface area contributed by atoms with Crippen molar-refractivity contribution in [2.24, 2.45) is 0 Å². The second-order valence-corrected chi connectivity index (χ2v) is 6.41. The van der Waals surface area contributed by atoms with Gasteiger partial charge in [-0.3, -0.25) is 14.9 Å². The Labute approximate surface area is 172 Å². The van der Waals surface area contributed by atoms with E-state index in [1.54, 1.807) is 24.3 Å². The summed E-state index contributed by atoms with van der Waals surface area (Å²) in [5, 5.41) is 13.5. The van der Waals surface area contributed by atoms with E-state index in [1.807, 2.05) is 30.3 Å². The van der Waals surface area contributed by atoms with Crippen LogP contribution >= 0.6 is 11.6 Å². The second kappa shape index (κ2) is 9.57. The first kappa shape index (κ1) is 20.2. The predicted octanol–water partition coefficient (Wildman–Crippen LogP) is 4.84. The Hall–Kier alpha value is -3.58. The van der Waals surface area contributed by atoms with E-state index in [0.29, 0.717) is 18.0 Å². The zero-order chi connectivity index (χ0) is 20.6. The molecular formula is C21H17ClN2O5. The van der Waals surface area contributed by atoms with Gasteiger partial charge in [-0.1, -0.05) is 41.9 Å². The highest BCUT2D eigenvalue weighted by atomic mass is 35.5. The van der Waals surface area contributed by atoms with E-state index in [2.05, 4.69) is 5.32 Å². The Morgan fingerprint density at radius 1 is 1.00 bits per heavy atom. The third kappa shape index (κ3) is 5.95. The lowest BCUT2D eigenvalue weighted by molar-refractivity contribution is -0.384. The number of non-ortho nitro benzene ring substituents is 1. The number of nitrogens with one attached hydrogen (secondary N) is 1. The van der Waals surface area contributed by atoms with E-state index in [-0.39, 0.29) is 23.1 Å². The minimum absolute atomic E-state index is 0.0620. The van der Waals surface area contributed by atoms with Gasteiger partial charge in [-0.05, 0) is 35.9 Å². The summed E-state index contributed by atoms with van der Waals surface area (Å²) in [6.07, 6.45) is 0. The molecule has 7 nitrogen and oxygen atoms in total. The molecule has 0 atom stereocenters. The molecule has 29 heavy (non-hydrogen) atoms. The van der Waals surface area contributed by atoms with E-state index in [9.17, 15) is 14.9 Å². The highest BCUT2D eigenvalue weighted by molar-refractivity contribution is 6.32. The van der Waals surface area contributed by atoms with Gasteiger partial charge in [-0.25, -0.2) is 0 Å². The second-order valence-electron chi connectivity index (χ2n) is 6.01. The molecule has 0 spiro atoms. The SMILES string of the molecule is O=C(COc1ccc([N+](=O)[O-])cc1Cl)Nc1ccc(OCc2ccccc2)cc1. The van der Waals surface area contributed by atoms with Crippen LogP contribution in [-0.4, -0.2) is 17.4 Å².